The highest BCUT2D eigenvalue weighted by molar-refractivity contribution is 7.79. The van der Waals surface area contributed by atoms with E-state index in [9.17, 15) is 4.39 Å². The molecule has 58 valence electrons. The summed E-state index contributed by atoms with van der Waals surface area (Å²) in [5.74, 6) is -0.428. The molecular weight excluding hydrogens is 185 g/mol. The molecule has 0 unspecified atom stereocenters. The fourth-order valence-corrected chi connectivity index (χ4v) is 0.982. The van der Waals surface area contributed by atoms with Gasteiger partial charge in [0.1, 0.15) is 5.82 Å². The minimum atomic E-state index is -0.428. The van der Waals surface area contributed by atoms with Gasteiger partial charge in [0, 0.05) is 6.21 Å². The van der Waals surface area contributed by atoms with E-state index in [4.69, 9.17) is 11.6 Å². The van der Waals surface area contributed by atoms with Crippen molar-refractivity contribution in [3.05, 3.63) is 34.6 Å². The lowest BCUT2D eigenvalue weighted by molar-refractivity contribution is 0.628. The van der Waals surface area contributed by atoms with Crippen molar-refractivity contribution in [2.75, 3.05) is 0 Å². The van der Waals surface area contributed by atoms with Crippen LogP contribution in [0.25, 0.3) is 0 Å². The molecule has 0 amide bonds. The van der Waals surface area contributed by atoms with E-state index in [0.29, 0.717) is 0 Å². The predicted octanol–water partition coefficient (Wildman–Crippen LogP) is 2.74. The lowest BCUT2D eigenvalue weighted by atomic mass is 10.2. The second-order valence-electron chi connectivity index (χ2n) is 1.92. The Labute approximate surface area is 74.5 Å². The molecule has 0 radical (unpaired) electrons. The molecule has 1 rings (SSSR count). The highest BCUT2D eigenvalue weighted by Crippen LogP contribution is 2.14. The average Bonchev–Trinajstić information content (AvgIpc) is 1.98. The molecule has 0 heterocycles. The van der Waals surface area contributed by atoms with Gasteiger partial charge in [0.25, 0.3) is 0 Å². The number of benzene rings is 1. The number of hydrogen-bond acceptors (Lipinski definition) is 2. The molecule has 1 aromatic carbocycles. The van der Waals surface area contributed by atoms with Gasteiger partial charge >= 0.3 is 0 Å². The van der Waals surface area contributed by atoms with Gasteiger partial charge in [-0.2, -0.15) is 0 Å². The summed E-state index contributed by atoms with van der Waals surface area (Å²) in [6, 6.07) is 4.34. The molecule has 1 nitrogen and oxygen atoms in total. The van der Waals surface area contributed by atoms with Crippen molar-refractivity contribution in [3.63, 3.8) is 0 Å². The molecule has 0 bridgehead atoms. The van der Waals surface area contributed by atoms with Gasteiger partial charge < -0.3 is 0 Å². The lowest BCUT2D eigenvalue weighted by Gasteiger charge is -1.94. The van der Waals surface area contributed by atoms with Gasteiger partial charge in [0.15, 0.2) is 0 Å². The third-order valence-corrected chi connectivity index (χ3v) is 1.56. The summed E-state index contributed by atoms with van der Waals surface area (Å²) in [5.41, 5.74) is 0.728. The molecule has 0 aliphatic rings. The van der Waals surface area contributed by atoms with E-state index < -0.39 is 5.82 Å². The molecular formula is C7H5ClFNS. The van der Waals surface area contributed by atoms with Crippen molar-refractivity contribution in [3.8, 4) is 0 Å². The minimum Gasteiger partial charge on any atom is -0.227 e. The Bertz CT molecular complexity index is 288. The second kappa shape index (κ2) is 3.74. The Balaban J connectivity index is 3.05. The van der Waals surface area contributed by atoms with Crippen LogP contribution in [0.1, 0.15) is 5.56 Å². The molecule has 4 heteroatoms. The van der Waals surface area contributed by atoms with E-state index in [2.05, 4.69) is 17.2 Å². The van der Waals surface area contributed by atoms with Crippen molar-refractivity contribution >= 4 is 30.6 Å². The summed E-state index contributed by atoms with van der Waals surface area (Å²) >= 11 is 9.11. The van der Waals surface area contributed by atoms with Crippen molar-refractivity contribution in [2.45, 2.75) is 0 Å². The smallest absolute Gasteiger partial charge is 0.141 e. The molecule has 0 saturated heterocycles. The third-order valence-electron chi connectivity index (χ3n) is 1.15. The van der Waals surface area contributed by atoms with Crippen LogP contribution in [0.4, 0.5) is 4.39 Å². The summed E-state index contributed by atoms with van der Waals surface area (Å²) in [6.07, 6.45) is 1.48. The van der Waals surface area contributed by atoms with Crippen molar-refractivity contribution < 1.29 is 4.39 Å². The number of rotatable bonds is 1. The van der Waals surface area contributed by atoms with Crippen LogP contribution < -0.4 is 0 Å². The van der Waals surface area contributed by atoms with Crippen LogP contribution in [-0.2, 0) is 0 Å². The molecule has 0 saturated carbocycles. The SMILES string of the molecule is Fc1ccc(/C=N/S)cc1Cl. The van der Waals surface area contributed by atoms with Crippen molar-refractivity contribution in [2.24, 2.45) is 4.40 Å². The molecule has 0 fully saturated rings. The predicted molar refractivity (Wildman–Crippen MR) is 48.0 cm³/mol. The van der Waals surface area contributed by atoms with E-state index in [0.717, 1.165) is 5.56 Å². The summed E-state index contributed by atoms with van der Waals surface area (Å²) in [5, 5.41) is 0.0933. The highest BCUT2D eigenvalue weighted by Gasteiger charge is 1.97. The van der Waals surface area contributed by atoms with Crippen LogP contribution in [0.3, 0.4) is 0 Å². The molecule has 0 aliphatic carbocycles. The fourth-order valence-electron chi connectivity index (χ4n) is 0.659. The largest absolute Gasteiger partial charge is 0.227 e. The Morgan fingerprint density at radius 1 is 1.55 bits per heavy atom. The zero-order valence-electron chi connectivity index (χ0n) is 5.46. The zero-order valence-corrected chi connectivity index (χ0v) is 7.11. The van der Waals surface area contributed by atoms with Gasteiger partial charge in [0.2, 0.25) is 0 Å². The fraction of sp³-hybridized carbons (Fsp3) is 0. The maximum absolute atomic E-state index is 12.5. The van der Waals surface area contributed by atoms with Gasteiger partial charge in [-0.1, -0.05) is 17.7 Å². The van der Waals surface area contributed by atoms with Gasteiger partial charge in [-0.15, -0.1) is 0 Å². The van der Waals surface area contributed by atoms with Crippen LogP contribution >= 0.6 is 24.4 Å². The third kappa shape index (κ3) is 2.20. The first-order chi connectivity index (χ1) is 5.24. The van der Waals surface area contributed by atoms with Gasteiger partial charge in [0.05, 0.1) is 5.02 Å². The van der Waals surface area contributed by atoms with Gasteiger partial charge in [-0.3, -0.25) is 0 Å². The topological polar surface area (TPSA) is 12.4 Å². The summed E-state index contributed by atoms with van der Waals surface area (Å²) in [7, 11) is 0. The first kappa shape index (κ1) is 8.56. The van der Waals surface area contributed by atoms with E-state index in [1.807, 2.05) is 0 Å². The van der Waals surface area contributed by atoms with Crippen LogP contribution in [0.15, 0.2) is 22.6 Å². The van der Waals surface area contributed by atoms with E-state index >= 15 is 0 Å². The summed E-state index contributed by atoms with van der Waals surface area (Å²) in [4.78, 5) is 0. The van der Waals surface area contributed by atoms with Crippen molar-refractivity contribution in [1.82, 2.24) is 0 Å². The van der Waals surface area contributed by atoms with Gasteiger partial charge in [-0.05, 0) is 30.5 Å². The van der Waals surface area contributed by atoms with Gasteiger partial charge in [-0.25, -0.2) is 8.79 Å². The Morgan fingerprint density at radius 2 is 2.27 bits per heavy atom. The average molecular weight is 190 g/mol. The van der Waals surface area contributed by atoms with E-state index in [1.54, 1.807) is 6.07 Å². The zero-order chi connectivity index (χ0) is 8.27. The highest BCUT2D eigenvalue weighted by atomic mass is 35.5. The number of thiol groups is 1. The molecule has 0 spiro atoms. The molecule has 11 heavy (non-hydrogen) atoms. The van der Waals surface area contributed by atoms with E-state index in [1.165, 1.54) is 18.3 Å². The normalized spacial score (nSPS) is 10.8. The monoisotopic (exact) mass is 189 g/mol. The Morgan fingerprint density at radius 3 is 2.82 bits per heavy atom. The molecule has 1 aromatic rings. The number of halogens is 2. The minimum absolute atomic E-state index is 0.0933. The maximum atomic E-state index is 12.5. The van der Waals surface area contributed by atoms with Crippen LogP contribution in [0, 0.1) is 5.82 Å². The number of hydrogen-bond donors (Lipinski definition) is 1. The van der Waals surface area contributed by atoms with Crippen LogP contribution in [0.5, 0.6) is 0 Å². The first-order valence-electron chi connectivity index (χ1n) is 2.86. The summed E-state index contributed by atoms with van der Waals surface area (Å²) < 4.78 is 16.0. The van der Waals surface area contributed by atoms with E-state index in [-0.39, 0.29) is 5.02 Å². The maximum Gasteiger partial charge on any atom is 0.141 e. The summed E-state index contributed by atoms with van der Waals surface area (Å²) in [6.45, 7) is 0. The Hall–Kier alpha value is -0.540. The molecule has 0 aromatic heterocycles. The van der Waals surface area contributed by atoms with Crippen LogP contribution in [0.2, 0.25) is 5.02 Å². The molecule has 0 N–H and O–H groups in total. The number of nitrogens with zero attached hydrogens (tertiary/aromatic N) is 1. The quantitative estimate of drug-likeness (QED) is 0.515. The first-order valence-corrected chi connectivity index (χ1v) is 3.64. The lowest BCUT2D eigenvalue weighted by Crippen LogP contribution is -1.82. The second-order valence-corrected chi connectivity index (χ2v) is 2.56. The standard InChI is InChI=1S/C7H5ClFNS/c8-6-3-5(4-10-11)1-2-7(6)9/h1-4,11H/b10-4+. The van der Waals surface area contributed by atoms with Crippen molar-refractivity contribution in [1.29, 1.82) is 0 Å². The van der Waals surface area contributed by atoms with Crippen LogP contribution in [-0.4, -0.2) is 6.21 Å². The molecule has 0 atom stereocenters. The molecule has 0 aliphatic heterocycles. The Kier molecular flexibility index (Phi) is 2.91.